The van der Waals surface area contributed by atoms with E-state index in [9.17, 15) is 19.2 Å². The van der Waals surface area contributed by atoms with Crippen LogP contribution in [0, 0.1) is 28.4 Å². The van der Waals surface area contributed by atoms with Gasteiger partial charge in [0.15, 0.2) is 5.82 Å². The summed E-state index contributed by atoms with van der Waals surface area (Å²) in [7, 11) is 1.78. The van der Waals surface area contributed by atoms with Crippen molar-refractivity contribution in [1.29, 1.82) is 5.26 Å². The van der Waals surface area contributed by atoms with Gasteiger partial charge in [0.05, 0.1) is 28.8 Å². The number of hydrogen-bond acceptors (Lipinski definition) is 6. The second kappa shape index (κ2) is 9.40. The lowest BCUT2D eigenvalue weighted by atomic mass is 10.0. The summed E-state index contributed by atoms with van der Waals surface area (Å²) in [6, 6.07) is 12.1. The van der Waals surface area contributed by atoms with Crippen LogP contribution in [0.1, 0.15) is 18.4 Å². The number of nitrogens with two attached hydrogens (primary N) is 1. The molecule has 190 valence electrons. The van der Waals surface area contributed by atoms with Crippen LogP contribution in [-0.4, -0.2) is 26.6 Å². The second-order valence-electron chi connectivity index (χ2n) is 8.86. The molecular formula is C27H20F2N6O3. The van der Waals surface area contributed by atoms with E-state index in [1.807, 2.05) is 0 Å². The zero-order chi connectivity index (χ0) is 27.0. The first-order valence-corrected chi connectivity index (χ1v) is 11.5. The first-order valence-electron chi connectivity index (χ1n) is 11.5. The standard InChI is InChI=1S/C27H20F2N6O3/c1-34-15-17(14-33-34)23-12-20(6-9-32-23)38-19-3-5-24(22(29)11-19)35(26(37)27(7-8-27)25(31)36)18-2-4-21(28)16(10-18)13-30/h2-6,9-12,14-15H,7-8H2,1H3,(H2,31,36). The van der Waals surface area contributed by atoms with Gasteiger partial charge in [-0.2, -0.15) is 10.4 Å². The Balaban J connectivity index is 1.50. The van der Waals surface area contributed by atoms with Crippen LogP contribution < -0.4 is 15.4 Å². The Morgan fingerprint density at radius 2 is 1.87 bits per heavy atom. The zero-order valence-electron chi connectivity index (χ0n) is 20.1. The van der Waals surface area contributed by atoms with Crippen molar-refractivity contribution in [1.82, 2.24) is 14.8 Å². The molecule has 2 amide bonds. The van der Waals surface area contributed by atoms with E-state index in [4.69, 9.17) is 10.5 Å². The van der Waals surface area contributed by atoms with Crippen molar-refractivity contribution in [2.75, 3.05) is 4.90 Å². The third-order valence-corrected chi connectivity index (χ3v) is 6.29. The molecule has 0 aliphatic heterocycles. The highest BCUT2D eigenvalue weighted by molar-refractivity contribution is 6.16. The molecule has 0 spiro atoms. The third kappa shape index (κ3) is 4.43. The van der Waals surface area contributed by atoms with Gasteiger partial charge in [-0.1, -0.05) is 0 Å². The second-order valence-corrected chi connectivity index (χ2v) is 8.86. The molecule has 2 aromatic heterocycles. The molecule has 1 saturated carbocycles. The number of carbonyl (C=O) groups is 2. The Morgan fingerprint density at radius 1 is 1.11 bits per heavy atom. The number of benzene rings is 2. The van der Waals surface area contributed by atoms with Gasteiger partial charge in [-0.15, -0.1) is 0 Å². The number of amides is 2. The van der Waals surface area contributed by atoms with Crippen molar-refractivity contribution in [2.45, 2.75) is 12.8 Å². The summed E-state index contributed by atoms with van der Waals surface area (Å²) >= 11 is 0. The van der Waals surface area contributed by atoms with E-state index in [2.05, 4.69) is 10.1 Å². The van der Waals surface area contributed by atoms with Crippen molar-refractivity contribution < 1.29 is 23.1 Å². The molecule has 0 radical (unpaired) electrons. The van der Waals surface area contributed by atoms with Crippen molar-refractivity contribution in [3.8, 4) is 28.8 Å². The van der Waals surface area contributed by atoms with E-state index in [1.165, 1.54) is 18.2 Å². The van der Waals surface area contributed by atoms with Gasteiger partial charge in [-0.3, -0.25) is 24.2 Å². The summed E-state index contributed by atoms with van der Waals surface area (Å²) < 4.78 is 37.0. The van der Waals surface area contributed by atoms with Crippen molar-refractivity contribution >= 4 is 23.2 Å². The maximum absolute atomic E-state index is 15.5. The van der Waals surface area contributed by atoms with Crippen LogP contribution in [0.5, 0.6) is 11.5 Å². The van der Waals surface area contributed by atoms with Gasteiger partial charge < -0.3 is 10.5 Å². The smallest absolute Gasteiger partial charge is 0.247 e. The number of aryl methyl sites for hydroxylation is 1. The normalized spacial score (nSPS) is 13.4. The molecule has 4 aromatic rings. The number of pyridine rings is 1. The number of rotatable bonds is 7. The van der Waals surface area contributed by atoms with E-state index in [1.54, 1.807) is 48.5 Å². The van der Waals surface area contributed by atoms with Gasteiger partial charge in [-0.25, -0.2) is 8.78 Å². The predicted octanol–water partition coefficient (Wildman–Crippen LogP) is 4.35. The molecule has 2 N–H and O–H groups in total. The fourth-order valence-electron chi connectivity index (χ4n) is 4.06. The van der Waals surface area contributed by atoms with E-state index in [0.717, 1.165) is 28.7 Å². The SMILES string of the molecule is Cn1cc(-c2cc(Oc3ccc(N(C(=O)C4(C(N)=O)CC4)c4ccc(F)c(C#N)c4)c(F)c3)ccn2)cn1. The van der Waals surface area contributed by atoms with E-state index in [-0.39, 0.29) is 35.5 Å². The highest BCUT2D eigenvalue weighted by atomic mass is 19.1. The summed E-state index contributed by atoms with van der Waals surface area (Å²) in [5.41, 5.74) is 4.83. The van der Waals surface area contributed by atoms with Crippen molar-refractivity contribution in [2.24, 2.45) is 18.2 Å². The van der Waals surface area contributed by atoms with Crippen molar-refractivity contribution in [3.05, 3.63) is 84.3 Å². The average Bonchev–Trinajstić information content (AvgIpc) is 3.61. The number of carbonyl (C=O) groups excluding carboxylic acids is 2. The molecule has 9 nitrogen and oxygen atoms in total. The lowest BCUT2D eigenvalue weighted by molar-refractivity contribution is -0.133. The number of halogens is 2. The molecule has 38 heavy (non-hydrogen) atoms. The topological polar surface area (TPSA) is 127 Å². The summed E-state index contributed by atoms with van der Waals surface area (Å²) in [6.07, 6.45) is 5.39. The number of aromatic nitrogens is 3. The number of nitriles is 1. The minimum absolute atomic E-state index is 0.0169. The predicted molar refractivity (Wildman–Crippen MR) is 132 cm³/mol. The van der Waals surface area contributed by atoms with Crippen LogP contribution >= 0.6 is 0 Å². The molecule has 0 bridgehead atoms. The molecule has 11 heteroatoms. The minimum Gasteiger partial charge on any atom is -0.457 e. The first kappa shape index (κ1) is 24.6. The highest BCUT2D eigenvalue weighted by Crippen LogP contribution is 2.49. The summed E-state index contributed by atoms with van der Waals surface area (Å²) in [5, 5.41) is 13.4. The van der Waals surface area contributed by atoms with E-state index >= 15 is 4.39 Å². The number of anilines is 2. The van der Waals surface area contributed by atoms with Gasteiger partial charge in [0.25, 0.3) is 0 Å². The van der Waals surface area contributed by atoms with E-state index in [0.29, 0.717) is 11.4 Å². The number of primary amides is 1. The molecule has 0 unspecified atom stereocenters. The molecule has 1 aliphatic rings. The number of hydrogen-bond donors (Lipinski definition) is 1. The Bertz CT molecular complexity index is 1620. The lowest BCUT2D eigenvalue weighted by Gasteiger charge is -2.27. The molecule has 1 fully saturated rings. The van der Waals surface area contributed by atoms with E-state index < -0.39 is 28.9 Å². The molecule has 0 saturated heterocycles. The molecule has 0 atom stereocenters. The highest BCUT2D eigenvalue weighted by Gasteiger charge is 2.57. The Morgan fingerprint density at radius 3 is 2.50 bits per heavy atom. The number of ether oxygens (including phenoxy) is 1. The average molecular weight is 514 g/mol. The van der Waals surface area contributed by atoms with Crippen LogP contribution in [-0.2, 0) is 16.6 Å². The van der Waals surface area contributed by atoms with Gasteiger partial charge in [-0.05, 0) is 49.2 Å². The van der Waals surface area contributed by atoms with Crippen LogP contribution in [0.3, 0.4) is 0 Å². The fraction of sp³-hybridized carbons (Fsp3) is 0.148. The Labute approximate surface area is 215 Å². The fourth-order valence-corrected chi connectivity index (χ4v) is 4.06. The van der Waals surface area contributed by atoms with Gasteiger partial charge in [0.2, 0.25) is 11.8 Å². The molecular weight excluding hydrogens is 494 g/mol. The molecule has 2 aromatic carbocycles. The maximum atomic E-state index is 15.5. The van der Waals surface area contributed by atoms with Crippen LogP contribution in [0.4, 0.5) is 20.2 Å². The molecule has 1 aliphatic carbocycles. The molecule has 2 heterocycles. The largest absolute Gasteiger partial charge is 0.457 e. The molecule has 5 rings (SSSR count). The monoisotopic (exact) mass is 514 g/mol. The van der Waals surface area contributed by atoms with Crippen LogP contribution in [0.25, 0.3) is 11.3 Å². The first-order chi connectivity index (χ1) is 18.2. The summed E-state index contributed by atoms with van der Waals surface area (Å²) in [6.45, 7) is 0. The van der Waals surface area contributed by atoms with Crippen LogP contribution in [0.2, 0.25) is 0 Å². The van der Waals surface area contributed by atoms with Crippen LogP contribution in [0.15, 0.2) is 67.1 Å². The quantitative estimate of drug-likeness (QED) is 0.365. The minimum atomic E-state index is -1.50. The third-order valence-electron chi connectivity index (χ3n) is 6.29. The summed E-state index contributed by atoms with van der Waals surface area (Å²) in [4.78, 5) is 30.8. The van der Waals surface area contributed by atoms with Gasteiger partial charge >= 0.3 is 0 Å². The Hall–Kier alpha value is -5.11. The van der Waals surface area contributed by atoms with Gasteiger partial charge in [0, 0.05) is 37.1 Å². The lowest BCUT2D eigenvalue weighted by Crippen LogP contribution is -2.41. The van der Waals surface area contributed by atoms with Gasteiger partial charge in [0.1, 0.15) is 28.8 Å². The maximum Gasteiger partial charge on any atom is 0.247 e. The van der Waals surface area contributed by atoms with Crippen molar-refractivity contribution in [3.63, 3.8) is 0 Å². The Kier molecular flexibility index (Phi) is 6.08. The summed E-state index contributed by atoms with van der Waals surface area (Å²) in [5.74, 6) is -2.72. The number of nitrogens with zero attached hydrogens (tertiary/aromatic N) is 5. The zero-order valence-corrected chi connectivity index (χ0v) is 20.1.